The van der Waals surface area contributed by atoms with Gasteiger partial charge in [-0.2, -0.15) is 11.3 Å². The van der Waals surface area contributed by atoms with E-state index >= 15 is 0 Å². The highest BCUT2D eigenvalue weighted by Gasteiger charge is 2.27. The molecule has 1 aliphatic rings. The zero-order valence-corrected chi connectivity index (χ0v) is 13.5. The van der Waals surface area contributed by atoms with Crippen LogP contribution < -0.4 is 5.32 Å². The number of amides is 1. The van der Waals surface area contributed by atoms with Gasteiger partial charge < -0.3 is 10.1 Å². The van der Waals surface area contributed by atoms with Crippen molar-refractivity contribution in [3.63, 3.8) is 0 Å². The van der Waals surface area contributed by atoms with Crippen LogP contribution in [0.1, 0.15) is 28.7 Å². The molecule has 2 aromatic rings. The Labute approximate surface area is 132 Å². The molecule has 112 valence electrons. The lowest BCUT2D eigenvalue weighted by Gasteiger charge is -2.18. The van der Waals surface area contributed by atoms with E-state index in [2.05, 4.69) is 27.1 Å². The van der Waals surface area contributed by atoms with Gasteiger partial charge in [-0.3, -0.25) is 4.79 Å². The molecule has 0 bridgehead atoms. The third-order valence-electron chi connectivity index (χ3n) is 3.57. The summed E-state index contributed by atoms with van der Waals surface area (Å²) in [4.78, 5) is 16.9. The Balaban J connectivity index is 1.73. The number of nitrogens with zero attached hydrogens (tertiary/aromatic N) is 1. The predicted molar refractivity (Wildman–Crippen MR) is 84.7 cm³/mol. The number of carbonyl (C=O) groups excluding carboxylic acids is 1. The molecule has 1 amide bonds. The number of nitrogens with one attached hydrogen (secondary N) is 1. The van der Waals surface area contributed by atoms with Gasteiger partial charge >= 0.3 is 0 Å². The Morgan fingerprint density at radius 3 is 3.10 bits per heavy atom. The summed E-state index contributed by atoms with van der Waals surface area (Å²) in [6.45, 7) is 3.20. The van der Waals surface area contributed by atoms with Gasteiger partial charge in [0, 0.05) is 24.1 Å². The summed E-state index contributed by atoms with van der Waals surface area (Å²) in [6.07, 6.45) is 1.60. The van der Waals surface area contributed by atoms with Crippen LogP contribution in [0.4, 0.5) is 0 Å². The highest BCUT2D eigenvalue weighted by molar-refractivity contribution is 7.09. The van der Waals surface area contributed by atoms with E-state index in [1.54, 1.807) is 22.7 Å². The maximum atomic E-state index is 12.4. The largest absolute Gasteiger partial charge is 0.381 e. The molecule has 0 unspecified atom stereocenters. The average molecular weight is 322 g/mol. The minimum absolute atomic E-state index is 0.0176. The lowest BCUT2D eigenvalue weighted by molar-refractivity contribution is -0.125. The van der Waals surface area contributed by atoms with Gasteiger partial charge in [-0.05, 0) is 35.7 Å². The molecule has 21 heavy (non-hydrogen) atoms. The van der Waals surface area contributed by atoms with E-state index in [9.17, 15) is 4.79 Å². The van der Waals surface area contributed by atoms with Gasteiger partial charge in [-0.1, -0.05) is 0 Å². The van der Waals surface area contributed by atoms with Crippen LogP contribution in [0.25, 0.3) is 0 Å². The number of thiazole rings is 1. The summed E-state index contributed by atoms with van der Waals surface area (Å²) in [6, 6.07) is 2.05. The third kappa shape index (κ3) is 3.70. The molecule has 3 heterocycles. The van der Waals surface area contributed by atoms with Crippen LogP contribution in [0.15, 0.2) is 22.2 Å². The topological polar surface area (TPSA) is 51.2 Å². The van der Waals surface area contributed by atoms with E-state index in [-0.39, 0.29) is 17.9 Å². The third-order valence-corrected chi connectivity index (χ3v) is 5.38. The molecule has 0 saturated carbocycles. The van der Waals surface area contributed by atoms with Gasteiger partial charge in [0.15, 0.2) is 0 Å². The zero-order chi connectivity index (χ0) is 14.7. The first-order chi connectivity index (χ1) is 10.2. The fourth-order valence-electron chi connectivity index (χ4n) is 2.41. The average Bonchev–Trinajstić information content (AvgIpc) is 3.20. The molecule has 4 nitrogen and oxygen atoms in total. The van der Waals surface area contributed by atoms with E-state index in [1.165, 1.54) is 5.56 Å². The van der Waals surface area contributed by atoms with Crippen molar-refractivity contribution in [2.45, 2.75) is 25.8 Å². The van der Waals surface area contributed by atoms with E-state index in [1.807, 2.05) is 12.3 Å². The smallest absolute Gasteiger partial charge is 0.226 e. The van der Waals surface area contributed by atoms with Crippen LogP contribution in [0.3, 0.4) is 0 Å². The van der Waals surface area contributed by atoms with Crippen molar-refractivity contribution in [2.75, 3.05) is 13.2 Å². The normalized spacial score (nSPS) is 19.6. The Bertz CT molecular complexity index is 589. The maximum Gasteiger partial charge on any atom is 0.226 e. The first kappa shape index (κ1) is 14.7. The minimum atomic E-state index is -0.0496. The molecule has 0 aromatic carbocycles. The van der Waals surface area contributed by atoms with E-state index in [0.717, 1.165) is 23.5 Å². The monoisotopic (exact) mass is 322 g/mol. The van der Waals surface area contributed by atoms with Crippen LogP contribution in [0, 0.1) is 12.8 Å². The van der Waals surface area contributed by atoms with E-state index in [4.69, 9.17) is 4.74 Å². The number of aromatic nitrogens is 1. The molecule has 1 N–H and O–H groups in total. The van der Waals surface area contributed by atoms with Gasteiger partial charge in [0.1, 0.15) is 5.01 Å². The lowest BCUT2D eigenvalue weighted by atomic mass is 10.1. The predicted octanol–water partition coefficient (Wildman–Crippen LogP) is 2.95. The SMILES string of the molecule is Cc1csc([C@@H](Cc2ccsc2)NC(=O)[C@@H]2CCOC2)n1. The van der Waals surface area contributed by atoms with Gasteiger partial charge in [0.25, 0.3) is 0 Å². The maximum absolute atomic E-state index is 12.4. The Morgan fingerprint density at radius 1 is 1.57 bits per heavy atom. The van der Waals surface area contributed by atoms with Crippen LogP contribution in [-0.2, 0) is 16.0 Å². The van der Waals surface area contributed by atoms with Crippen molar-refractivity contribution in [2.24, 2.45) is 5.92 Å². The van der Waals surface area contributed by atoms with E-state index < -0.39 is 0 Å². The quantitative estimate of drug-likeness (QED) is 0.921. The highest BCUT2D eigenvalue weighted by atomic mass is 32.1. The Kier molecular flexibility index (Phi) is 4.67. The summed E-state index contributed by atoms with van der Waals surface area (Å²) in [5.41, 5.74) is 2.24. The fourth-order valence-corrected chi connectivity index (χ4v) is 3.94. The molecule has 6 heteroatoms. The highest BCUT2D eigenvalue weighted by Crippen LogP contribution is 2.24. The summed E-state index contributed by atoms with van der Waals surface area (Å²) in [5, 5.41) is 10.4. The molecule has 1 saturated heterocycles. The van der Waals surface area contributed by atoms with Gasteiger partial charge in [-0.25, -0.2) is 4.98 Å². The fraction of sp³-hybridized carbons (Fsp3) is 0.467. The zero-order valence-electron chi connectivity index (χ0n) is 11.9. The first-order valence-electron chi connectivity index (χ1n) is 7.03. The Morgan fingerprint density at radius 2 is 2.48 bits per heavy atom. The van der Waals surface area contributed by atoms with Gasteiger partial charge in [0.2, 0.25) is 5.91 Å². The molecule has 0 spiro atoms. The molecule has 0 radical (unpaired) electrons. The second-order valence-electron chi connectivity index (χ2n) is 5.28. The second-order valence-corrected chi connectivity index (χ2v) is 6.95. The first-order valence-corrected chi connectivity index (χ1v) is 8.86. The van der Waals surface area contributed by atoms with Crippen LogP contribution in [0.2, 0.25) is 0 Å². The van der Waals surface area contributed by atoms with Crippen molar-refractivity contribution in [3.8, 4) is 0 Å². The number of ether oxygens (including phenoxy) is 1. The van der Waals surface area contributed by atoms with Crippen LogP contribution in [-0.4, -0.2) is 24.1 Å². The summed E-state index contributed by atoms with van der Waals surface area (Å²) in [7, 11) is 0. The number of thiophene rings is 1. The molecule has 2 aromatic heterocycles. The molecule has 0 aliphatic carbocycles. The van der Waals surface area contributed by atoms with Crippen LogP contribution in [0.5, 0.6) is 0 Å². The number of hydrogen-bond donors (Lipinski definition) is 1. The summed E-state index contributed by atoms with van der Waals surface area (Å²) < 4.78 is 5.30. The lowest BCUT2D eigenvalue weighted by Crippen LogP contribution is -2.35. The summed E-state index contributed by atoms with van der Waals surface area (Å²) >= 11 is 3.29. The number of carbonyl (C=O) groups is 1. The molecular weight excluding hydrogens is 304 g/mol. The van der Waals surface area contributed by atoms with Gasteiger partial charge in [-0.15, -0.1) is 11.3 Å². The number of hydrogen-bond acceptors (Lipinski definition) is 5. The van der Waals surface area contributed by atoms with Crippen molar-refractivity contribution < 1.29 is 9.53 Å². The molecule has 3 rings (SSSR count). The van der Waals surface area contributed by atoms with Crippen LogP contribution >= 0.6 is 22.7 Å². The minimum Gasteiger partial charge on any atom is -0.381 e. The van der Waals surface area contributed by atoms with Crippen molar-refractivity contribution in [1.29, 1.82) is 0 Å². The summed E-state index contributed by atoms with van der Waals surface area (Å²) in [5.74, 6) is 0.0663. The van der Waals surface area contributed by atoms with Crippen molar-refractivity contribution in [3.05, 3.63) is 38.5 Å². The van der Waals surface area contributed by atoms with E-state index in [0.29, 0.717) is 13.2 Å². The molecule has 1 aliphatic heterocycles. The standard InChI is InChI=1S/C15H18N2O2S2/c1-10-8-21-15(16-10)13(6-11-3-5-20-9-11)17-14(18)12-2-4-19-7-12/h3,5,8-9,12-13H,2,4,6-7H2,1H3,(H,17,18)/t12-,13-/m1/s1. The van der Waals surface area contributed by atoms with Crippen molar-refractivity contribution >= 4 is 28.6 Å². The number of rotatable bonds is 5. The van der Waals surface area contributed by atoms with Gasteiger partial charge in [0.05, 0.1) is 18.6 Å². The second kappa shape index (κ2) is 6.68. The Hall–Kier alpha value is -1.24. The number of aryl methyl sites for hydroxylation is 1. The molecule has 1 fully saturated rings. The molecule has 2 atom stereocenters. The molecular formula is C15H18N2O2S2. The van der Waals surface area contributed by atoms with Crippen molar-refractivity contribution in [1.82, 2.24) is 10.3 Å².